The lowest BCUT2D eigenvalue weighted by Gasteiger charge is -2.14. The Bertz CT molecular complexity index is 882. The first-order valence-corrected chi connectivity index (χ1v) is 9.13. The summed E-state index contributed by atoms with van der Waals surface area (Å²) in [6, 6.07) is 7.13. The Balaban J connectivity index is 1.41. The van der Waals surface area contributed by atoms with E-state index in [1.54, 1.807) is 24.4 Å². The van der Waals surface area contributed by atoms with Gasteiger partial charge in [0.2, 0.25) is 6.79 Å². The molecule has 2 aromatic rings. The molecule has 0 radical (unpaired) electrons. The molecule has 2 aliphatic rings. The number of ether oxygens (including phenoxy) is 3. The quantitative estimate of drug-likeness (QED) is 0.650. The monoisotopic (exact) mass is 369 g/mol. The molecule has 0 saturated carbocycles. The van der Waals surface area contributed by atoms with Gasteiger partial charge in [-0.1, -0.05) is 0 Å². The number of fused-ring (bicyclic) bond motifs is 1. The summed E-state index contributed by atoms with van der Waals surface area (Å²) in [4.78, 5) is 12.3. The molecule has 1 amide bonds. The van der Waals surface area contributed by atoms with Gasteiger partial charge in [0.1, 0.15) is 0 Å². The minimum absolute atomic E-state index is 0.181. The van der Waals surface area contributed by atoms with Crippen LogP contribution in [0, 0.1) is 13.8 Å². The number of hydrazone groups is 1. The highest BCUT2D eigenvalue weighted by atomic mass is 16.7. The lowest BCUT2D eigenvalue weighted by Crippen LogP contribution is -2.18. The number of aromatic nitrogens is 1. The van der Waals surface area contributed by atoms with Crippen molar-refractivity contribution >= 4 is 12.1 Å². The molecular weight excluding hydrogens is 346 g/mol. The van der Waals surface area contributed by atoms with Crippen LogP contribution in [0.3, 0.4) is 0 Å². The number of nitrogens with zero attached hydrogens (tertiary/aromatic N) is 2. The lowest BCUT2D eigenvalue weighted by atomic mass is 10.2. The Morgan fingerprint density at radius 2 is 2.15 bits per heavy atom. The minimum atomic E-state index is -0.294. The number of hydrogen-bond acceptors (Lipinski definition) is 5. The number of hydrogen-bond donors (Lipinski definition) is 1. The van der Waals surface area contributed by atoms with Crippen molar-refractivity contribution in [3.8, 4) is 11.5 Å². The number of aryl methyl sites for hydroxylation is 1. The van der Waals surface area contributed by atoms with Crippen LogP contribution in [0.1, 0.15) is 40.2 Å². The molecule has 1 atom stereocenters. The molecule has 2 aliphatic heterocycles. The number of carbonyl (C=O) groups is 1. The number of nitrogens with one attached hydrogen (secondary N) is 1. The Kier molecular flexibility index (Phi) is 4.85. The molecule has 7 nitrogen and oxygen atoms in total. The van der Waals surface area contributed by atoms with Crippen LogP contribution in [-0.2, 0) is 11.3 Å². The van der Waals surface area contributed by atoms with Crippen molar-refractivity contribution in [3.63, 3.8) is 0 Å². The number of benzene rings is 1. The minimum Gasteiger partial charge on any atom is -0.454 e. The van der Waals surface area contributed by atoms with Crippen LogP contribution in [0.5, 0.6) is 11.5 Å². The summed E-state index contributed by atoms with van der Waals surface area (Å²) in [5.41, 5.74) is 6.30. The topological polar surface area (TPSA) is 74.1 Å². The van der Waals surface area contributed by atoms with Crippen molar-refractivity contribution in [1.29, 1.82) is 0 Å². The van der Waals surface area contributed by atoms with Gasteiger partial charge in [0, 0.05) is 35.7 Å². The largest absolute Gasteiger partial charge is 0.454 e. The van der Waals surface area contributed by atoms with Gasteiger partial charge in [0.15, 0.2) is 11.5 Å². The third kappa shape index (κ3) is 3.68. The number of rotatable bonds is 5. The van der Waals surface area contributed by atoms with Gasteiger partial charge in [-0.15, -0.1) is 0 Å². The average Bonchev–Trinajstić information content (AvgIpc) is 3.39. The Labute approximate surface area is 157 Å². The molecule has 7 heteroatoms. The van der Waals surface area contributed by atoms with Crippen LogP contribution < -0.4 is 14.9 Å². The molecule has 1 fully saturated rings. The highest BCUT2D eigenvalue weighted by molar-refractivity contribution is 5.95. The average molecular weight is 369 g/mol. The zero-order chi connectivity index (χ0) is 18.8. The molecule has 4 rings (SSSR count). The van der Waals surface area contributed by atoms with Crippen LogP contribution in [0.15, 0.2) is 29.4 Å². The molecule has 142 valence electrons. The maximum absolute atomic E-state index is 12.3. The van der Waals surface area contributed by atoms with E-state index >= 15 is 0 Å². The van der Waals surface area contributed by atoms with E-state index in [9.17, 15) is 4.79 Å². The molecule has 1 aromatic heterocycles. The van der Waals surface area contributed by atoms with Crippen LogP contribution in [0.4, 0.5) is 0 Å². The summed E-state index contributed by atoms with van der Waals surface area (Å²) in [5, 5.41) is 4.12. The fourth-order valence-corrected chi connectivity index (χ4v) is 3.49. The van der Waals surface area contributed by atoms with Crippen molar-refractivity contribution in [2.75, 3.05) is 13.4 Å². The Morgan fingerprint density at radius 1 is 1.30 bits per heavy atom. The summed E-state index contributed by atoms with van der Waals surface area (Å²) in [5.74, 6) is 0.927. The smallest absolute Gasteiger partial charge is 0.271 e. The zero-order valence-corrected chi connectivity index (χ0v) is 15.5. The second-order valence-electron chi connectivity index (χ2n) is 6.84. The summed E-state index contributed by atoms with van der Waals surface area (Å²) >= 11 is 0. The fourth-order valence-electron chi connectivity index (χ4n) is 3.49. The fraction of sp³-hybridized carbons (Fsp3) is 0.400. The summed E-state index contributed by atoms with van der Waals surface area (Å²) < 4.78 is 18.5. The second kappa shape index (κ2) is 7.44. The van der Waals surface area contributed by atoms with Crippen LogP contribution in [0.2, 0.25) is 0 Å². The van der Waals surface area contributed by atoms with Gasteiger partial charge in [-0.25, -0.2) is 5.43 Å². The molecule has 1 N–H and O–H groups in total. The van der Waals surface area contributed by atoms with Crippen LogP contribution in [-0.4, -0.2) is 36.2 Å². The Hall–Kier alpha value is -2.80. The molecule has 1 saturated heterocycles. The van der Waals surface area contributed by atoms with Gasteiger partial charge in [-0.2, -0.15) is 5.10 Å². The van der Waals surface area contributed by atoms with E-state index in [0.717, 1.165) is 42.9 Å². The van der Waals surface area contributed by atoms with E-state index in [1.807, 2.05) is 0 Å². The first-order valence-electron chi connectivity index (χ1n) is 9.13. The third-order valence-electron chi connectivity index (χ3n) is 5.03. The molecular formula is C20H23N3O4. The first kappa shape index (κ1) is 17.6. The summed E-state index contributed by atoms with van der Waals surface area (Å²) in [6.07, 6.45) is 4.19. The van der Waals surface area contributed by atoms with Gasteiger partial charge < -0.3 is 18.8 Å². The van der Waals surface area contributed by atoms with Crippen molar-refractivity contribution in [3.05, 3.63) is 46.8 Å². The third-order valence-corrected chi connectivity index (χ3v) is 5.03. The molecule has 0 unspecified atom stereocenters. The van der Waals surface area contributed by atoms with Gasteiger partial charge >= 0.3 is 0 Å². The van der Waals surface area contributed by atoms with E-state index in [-0.39, 0.29) is 18.8 Å². The molecule has 0 aliphatic carbocycles. The summed E-state index contributed by atoms with van der Waals surface area (Å²) in [6.45, 7) is 6.02. The normalized spacial score (nSPS) is 18.4. The van der Waals surface area contributed by atoms with Crippen molar-refractivity contribution in [2.24, 2.45) is 5.10 Å². The van der Waals surface area contributed by atoms with Crippen molar-refractivity contribution in [2.45, 2.75) is 39.3 Å². The SMILES string of the molecule is Cc1cc(/C=N\NC(=O)c2ccc3c(c2)OCO3)c(C)n1C[C@H]1CCCO1. The van der Waals surface area contributed by atoms with E-state index in [1.165, 1.54) is 0 Å². The van der Waals surface area contributed by atoms with Crippen LogP contribution >= 0.6 is 0 Å². The molecule has 1 aromatic carbocycles. The molecule has 0 spiro atoms. The van der Waals surface area contributed by atoms with Gasteiger partial charge in [0.05, 0.1) is 12.3 Å². The first-order chi connectivity index (χ1) is 13.1. The van der Waals surface area contributed by atoms with E-state index in [0.29, 0.717) is 17.1 Å². The van der Waals surface area contributed by atoms with Crippen molar-refractivity contribution in [1.82, 2.24) is 9.99 Å². The van der Waals surface area contributed by atoms with E-state index in [4.69, 9.17) is 14.2 Å². The second-order valence-corrected chi connectivity index (χ2v) is 6.84. The lowest BCUT2D eigenvalue weighted by molar-refractivity contribution is 0.0954. The Morgan fingerprint density at radius 3 is 2.96 bits per heavy atom. The molecule has 0 bridgehead atoms. The predicted molar refractivity (Wildman–Crippen MR) is 101 cm³/mol. The standard InChI is InChI=1S/C20H23N3O4/c1-13-8-16(14(2)23(13)11-17-4-3-7-25-17)10-21-22-20(24)15-5-6-18-19(9-15)27-12-26-18/h5-6,8-10,17H,3-4,7,11-12H2,1-2H3,(H,22,24)/b21-10-/t17-/m1/s1. The van der Waals surface area contributed by atoms with Crippen LogP contribution in [0.25, 0.3) is 0 Å². The number of carbonyl (C=O) groups excluding carboxylic acids is 1. The van der Waals surface area contributed by atoms with Gasteiger partial charge in [-0.05, 0) is 51.0 Å². The molecule has 3 heterocycles. The highest BCUT2D eigenvalue weighted by Gasteiger charge is 2.19. The van der Waals surface area contributed by atoms with Crippen molar-refractivity contribution < 1.29 is 19.0 Å². The van der Waals surface area contributed by atoms with Gasteiger partial charge in [-0.3, -0.25) is 4.79 Å². The molecule has 27 heavy (non-hydrogen) atoms. The predicted octanol–water partition coefficient (Wildman–Crippen LogP) is 2.78. The van der Waals surface area contributed by atoms with E-state index in [2.05, 4.69) is 35.0 Å². The number of amides is 1. The highest BCUT2D eigenvalue weighted by Crippen LogP contribution is 2.32. The maximum atomic E-state index is 12.3. The zero-order valence-electron chi connectivity index (χ0n) is 15.5. The summed E-state index contributed by atoms with van der Waals surface area (Å²) in [7, 11) is 0. The van der Waals surface area contributed by atoms with E-state index < -0.39 is 0 Å². The maximum Gasteiger partial charge on any atom is 0.271 e. The van der Waals surface area contributed by atoms with Gasteiger partial charge in [0.25, 0.3) is 5.91 Å².